The number of ether oxygens (including phenoxy) is 4. The highest BCUT2D eigenvalue weighted by molar-refractivity contribution is 5.81. The maximum atomic E-state index is 11.7. The second-order valence-electron chi connectivity index (χ2n) is 7.19. The summed E-state index contributed by atoms with van der Waals surface area (Å²) in [6.07, 6.45) is 8.46. The van der Waals surface area contributed by atoms with Crippen molar-refractivity contribution in [2.24, 2.45) is 0 Å². The fraction of sp³-hybridized carbons (Fsp3) is 0.739. The van der Waals surface area contributed by atoms with Gasteiger partial charge in [0.25, 0.3) is 0 Å². The van der Waals surface area contributed by atoms with Crippen LogP contribution in [0.4, 0.5) is 0 Å². The van der Waals surface area contributed by atoms with Crippen LogP contribution in [0.25, 0.3) is 0 Å². The van der Waals surface area contributed by atoms with Crippen LogP contribution in [-0.2, 0) is 38.1 Å². The molecule has 9 nitrogen and oxygen atoms in total. The molecule has 9 heteroatoms. The molecule has 0 spiro atoms. The monoisotopic (exact) mass is 458 g/mol. The van der Waals surface area contributed by atoms with Gasteiger partial charge in [0.15, 0.2) is 0 Å². The molecular weight excluding hydrogens is 420 g/mol. The van der Waals surface area contributed by atoms with Crippen molar-refractivity contribution in [1.29, 1.82) is 0 Å². The molecule has 0 heterocycles. The molecule has 0 atom stereocenters. The van der Waals surface area contributed by atoms with Gasteiger partial charge in [-0.2, -0.15) is 0 Å². The normalized spacial score (nSPS) is 10.3. The fourth-order valence-corrected chi connectivity index (χ4v) is 2.60. The first-order valence-electron chi connectivity index (χ1n) is 11.4. The lowest BCUT2D eigenvalue weighted by Crippen LogP contribution is -2.12. The van der Waals surface area contributed by atoms with E-state index in [4.69, 9.17) is 19.3 Å². The van der Waals surface area contributed by atoms with E-state index >= 15 is 0 Å². The number of hydrogen-bond donors (Lipinski definition) is 1. The number of carbonyl (C=O) groups is 4. The quantitative estimate of drug-likeness (QED) is 0.120. The van der Waals surface area contributed by atoms with E-state index in [1.54, 1.807) is 0 Å². The van der Waals surface area contributed by atoms with E-state index in [9.17, 15) is 19.2 Å². The summed E-state index contributed by atoms with van der Waals surface area (Å²) >= 11 is 0. The predicted octanol–water partition coefficient (Wildman–Crippen LogP) is 3.02. The molecule has 32 heavy (non-hydrogen) atoms. The Hall–Kier alpha value is -2.42. The lowest BCUT2D eigenvalue weighted by Gasteiger charge is -2.07. The van der Waals surface area contributed by atoms with Gasteiger partial charge >= 0.3 is 23.9 Å². The summed E-state index contributed by atoms with van der Waals surface area (Å²) in [5.41, 5.74) is 0. The second-order valence-corrected chi connectivity index (χ2v) is 7.19. The van der Waals surface area contributed by atoms with Crippen molar-refractivity contribution < 1.29 is 43.2 Å². The van der Waals surface area contributed by atoms with Crippen molar-refractivity contribution in [2.45, 2.75) is 77.0 Å². The third kappa shape index (κ3) is 20.8. The van der Waals surface area contributed by atoms with Crippen molar-refractivity contribution in [3.8, 4) is 0 Å². The first-order valence-corrected chi connectivity index (χ1v) is 11.4. The first-order chi connectivity index (χ1) is 15.5. The second kappa shape index (κ2) is 21.8. The highest BCUT2D eigenvalue weighted by Gasteiger charge is 2.06. The SMILES string of the molecule is C=CC(=O)OCCOC(=O)CCCCCOC(=O)CCCCCOC(=O)CCCCCO. The summed E-state index contributed by atoms with van der Waals surface area (Å²) in [6.45, 7) is 4.10. The van der Waals surface area contributed by atoms with Crippen LogP contribution in [-0.4, -0.2) is 62.0 Å². The fourth-order valence-electron chi connectivity index (χ4n) is 2.60. The van der Waals surface area contributed by atoms with Crippen LogP contribution in [0.2, 0.25) is 0 Å². The third-order valence-electron chi connectivity index (χ3n) is 4.37. The van der Waals surface area contributed by atoms with Gasteiger partial charge in [0, 0.05) is 31.9 Å². The zero-order valence-corrected chi connectivity index (χ0v) is 19.0. The Balaban J connectivity index is 3.41. The Bertz CT molecular complexity index is 546. The van der Waals surface area contributed by atoms with Crippen LogP contribution in [0.1, 0.15) is 77.0 Å². The van der Waals surface area contributed by atoms with Gasteiger partial charge in [-0.15, -0.1) is 0 Å². The summed E-state index contributed by atoms with van der Waals surface area (Å²) in [7, 11) is 0. The molecule has 0 saturated heterocycles. The Labute approximate surface area is 190 Å². The number of hydrogen-bond acceptors (Lipinski definition) is 9. The summed E-state index contributed by atoms with van der Waals surface area (Å²) in [6, 6.07) is 0. The van der Waals surface area contributed by atoms with Crippen LogP contribution >= 0.6 is 0 Å². The lowest BCUT2D eigenvalue weighted by atomic mass is 10.2. The largest absolute Gasteiger partial charge is 0.466 e. The van der Waals surface area contributed by atoms with Crippen LogP contribution in [0.3, 0.4) is 0 Å². The summed E-state index contributed by atoms with van der Waals surface area (Å²) < 4.78 is 19.9. The molecule has 0 aliphatic heterocycles. The molecule has 0 unspecified atom stereocenters. The van der Waals surface area contributed by atoms with Crippen molar-refractivity contribution in [1.82, 2.24) is 0 Å². The molecule has 184 valence electrons. The van der Waals surface area contributed by atoms with Crippen LogP contribution in [0, 0.1) is 0 Å². The van der Waals surface area contributed by atoms with Gasteiger partial charge in [-0.1, -0.05) is 13.0 Å². The molecular formula is C23H38O9. The van der Waals surface area contributed by atoms with Gasteiger partial charge in [0.1, 0.15) is 13.2 Å². The molecule has 0 aromatic rings. The Morgan fingerprint density at radius 1 is 0.562 bits per heavy atom. The zero-order chi connectivity index (χ0) is 23.9. The van der Waals surface area contributed by atoms with Crippen molar-refractivity contribution in [3.05, 3.63) is 12.7 Å². The van der Waals surface area contributed by atoms with Gasteiger partial charge in [-0.3, -0.25) is 14.4 Å². The Morgan fingerprint density at radius 3 is 1.41 bits per heavy atom. The van der Waals surface area contributed by atoms with E-state index in [2.05, 4.69) is 11.3 Å². The molecule has 0 amide bonds. The van der Waals surface area contributed by atoms with Gasteiger partial charge in [0.05, 0.1) is 13.2 Å². The van der Waals surface area contributed by atoms with Crippen molar-refractivity contribution >= 4 is 23.9 Å². The standard InChI is InChI=1S/C23H38O9/c1-2-20(25)31-18-19-32-23(28)14-8-5-11-17-30-22(27)13-7-4-10-16-29-21(26)12-6-3-9-15-24/h2,24H,1,3-19H2. The Morgan fingerprint density at radius 2 is 0.969 bits per heavy atom. The number of unbranched alkanes of at least 4 members (excludes halogenated alkanes) is 6. The molecule has 0 bridgehead atoms. The molecule has 1 N–H and O–H groups in total. The molecule has 0 fully saturated rings. The third-order valence-corrected chi connectivity index (χ3v) is 4.37. The van der Waals surface area contributed by atoms with E-state index in [1.807, 2.05) is 0 Å². The minimum absolute atomic E-state index is 0.00379. The number of carbonyl (C=O) groups excluding carboxylic acids is 4. The number of esters is 4. The predicted molar refractivity (Wildman–Crippen MR) is 117 cm³/mol. The molecule has 0 aromatic heterocycles. The first kappa shape index (κ1) is 29.6. The van der Waals surface area contributed by atoms with Gasteiger partial charge in [-0.05, 0) is 51.4 Å². The zero-order valence-electron chi connectivity index (χ0n) is 19.0. The van der Waals surface area contributed by atoms with Crippen LogP contribution in [0.15, 0.2) is 12.7 Å². The van der Waals surface area contributed by atoms with E-state index in [0.29, 0.717) is 58.2 Å². The Kier molecular flexibility index (Phi) is 20.1. The smallest absolute Gasteiger partial charge is 0.330 e. The van der Waals surface area contributed by atoms with Gasteiger partial charge in [0.2, 0.25) is 0 Å². The van der Waals surface area contributed by atoms with E-state index in [0.717, 1.165) is 31.8 Å². The molecule has 0 saturated carbocycles. The average molecular weight is 459 g/mol. The molecule has 0 radical (unpaired) electrons. The molecule has 0 aliphatic carbocycles. The van der Waals surface area contributed by atoms with Gasteiger partial charge < -0.3 is 24.1 Å². The minimum Gasteiger partial charge on any atom is -0.466 e. The van der Waals surface area contributed by atoms with Crippen LogP contribution in [0.5, 0.6) is 0 Å². The van der Waals surface area contributed by atoms with Crippen LogP contribution < -0.4 is 0 Å². The van der Waals surface area contributed by atoms with E-state index < -0.39 is 5.97 Å². The number of aliphatic hydroxyl groups excluding tert-OH is 1. The van der Waals surface area contributed by atoms with E-state index in [1.165, 1.54) is 0 Å². The average Bonchev–Trinajstić information content (AvgIpc) is 2.78. The number of aliphatic hydroxyl groups is 1. The van der Waals surface area contributed by atoms with Crippen molar-refractivity contribution in [3.63, 3.8) is 0 Å². The molecule has 0 aromatic carbocycles. The lowest BCUT2D eigenvalue weighted by molar-refractivity contribution is -0.149. The number of rotatable bonds is 21. The molecule has 0 rings (SSSR count). The summed E-state index contributed by atoms with van der Waals surface area (Å²) in [4.78, 5) is 45.4. The minimum atomic E-state index is -0.557. The summed E-state index contributed by atoms with van der Waals surface area (Å²) in [5, 5.41) is 8.67. The topological polar surface area (TPSA) is 125 Å². The van der Waals surface area contributed by atoms with Crippen molar-refractivity contribution in [2.75, 3.05) is 33.0 Å². The molecule has 0 aliphatic rings. The van der Waals surface area contributed by atoms with Gasteiger partial charge in [-0.25, -0.2) is 4.79 Å². The highest BCUT2D eigenvalue weighted by Crippen LogP contribution is 2.06. The van der Waals surface area contributed by atoms with E-state index in [-0.39, 0.29) is 44.1 Å². The summed E-state index contributed by atoms with van der Waals surface area (Å²) in [5.74, 6) is -1.38. The maximum Gasteiger partial charge on any atom is 0.330 e. The highest BCUT2D eigenvalue weighted by atomic mass is 16.6. The maximum absolute atomic E-state index is 11.7.